The van der Waals surface area contributed by atoms with Gasteiger partial charge in [-0.15, -0.1) is 0 Å². The molecule has 2 N–H and O–H groups in total. The Kier molecular flexibility index (Phi) is 5.30. The number of rotatable bonds is 5. The number of aryl methyl sites for hydroxylation is 1. The van der Waals surface area contributed by atoms with Crippen molar-refractivity contribution in [2.24, 2.45) is 5.92 Å². The maximum atomic E-state index is 12.3. The van der Waals surface area contributed by atoms with Crippen LogP contribution in [0.15, 0.2) is 18.3 Å². The monoisotopic (exact) mass is 331 g/mol. The van der Waals surface area contributed by atoms with Crippen molar-refractivity contribution < 1.29 is 9.59 Å². The number of anilines is 1. The minimum atomic E-state index is -0.0660. The zero-order chi connectivity index (χ0) is 16.9. The lowest BCUT2D eigenvalue weighted by Crippen LogP contribution is -2.52. The van der Waals surface area contributed by atoms with Gasteiger partial charge in [-0.1, -0.05) is 0 Å². The SMILES string of the molecule is Cc1ccnc(NC[C@H]2CCN(CC(=O)N3CCNC(=O)C3)C2)c1. The number of nitrogens with zero attached hydrogens (tertiary/aromatic N) is 3. The summed E-state index contributed by atoms with van der Waals surface area (Å²) < 4.78 is 0. The first-order chi connectivity index (χ1) is 11.6. The molecule has 2 fully saturated rings. The Labute approximate surface area is 142 Å². The van der Waals surface area contributed by atoms with Crippen molar-refractivity contribution in [1.82, 2.24) is 20.1 Å². The molecule has 0 bridgehead atoms. The quantitative estimate of drug-likeness (QED) is 0.799. The molecule has 0 radical (unpaired) electrons. The molecule has 0 aliphatic carbocycles. The molecule has 1 aromatic rings. The molecule has 3 heterocycles. The number of hydrogen-bond donors (Lipinski definition) is 2. The Morgan fingerprint density at radius 3 is 3.12 bits per heavy atom. The second kappa shape index (κ2) is 7.61. The lowest BCUT2D eigenvalue weighted by Gasteiger charge is -2.28. The second-order valence-electron chi connectivity index (χ2n) is 6.65. The molecule has 0 saturated carbocycles. The van der Waals surface area contributed by atoms with Crippen LogP contribution in [0.2, 0.25) is 0 Å². The first kappa shape index (κ1) is 16.7. The molecule has 7 heteroatoms. The van der Waals surface area contributed by atoms with Crippen molar-refractivity contribution in [2.45, 2.75) is 13.3 Å². The number of carbonyl (C=O) groups is 2. The number of amides is 2. The molecule has 2 aliphatic rings. The summed E-state index contributed by atoms with van der Waals surface area (Å²) in [6.07, 6.45) is 2.89. The van der Waals surface area contributed by atoms with Crippen molar-refractivity contribution in [1.29, 1.82) is 0 Å². The predicted octanol–water partition coefficient (Wildman–Crippen LogP) is 0.0822. The van der Waals surface area contributed by atoms with Gasteiger partial charge in [0.2, 0.25) is 11.8 Å². The van der Waals surface area contributed by atoms with Crippen LogP contribution in [0, 0.1) is 12.8 Å². The van der Waals surface area contributed by atoms with Crippen LogP contribution in [0.25, 0.3) is 0 Å². The summed E-state index contributed by atoms with van der Waals surface area (Å²) in [6, 6.07) is 4.02. The van der Waals surface area contributed by atoms with Gasteiger partial charge in [0.05, 0.1) is 13.1 Å². The third-order valence-electron chi connectivity index (χ3n) is 4.61. The van der Waals surface area contributed by atoms with Crippen LogP contribution in [0.3, 0.4) is 0 Å². The maximum absolute atomic E-state index is 12.3. The highest BCUT2D eigenvalue weighted by Gasteiger charge is 2.27. The first-order valence-electron chi connectivity index (χ1n) is 8.53. The standard InChI is InChI=1S/C17H25N5O2/c1-13-2-4-18-15(8-13)20-9-14-3-6-21(10-14)12-17(24)22-7-5-19-16(23)11-22/h2,4,8,14H,3,5-7,9-12H2,1H3,(H,18,20)(H,19,23)/t14-/m1/s1. The summed E-state index contributed by atoms with van der Waals surface area (Å²) in [7, 11) is 0. The number of pyridine rings is 1. The maximum Gasteiger partial charge on any atom is 0.239 e. The third kappa shape index (κ3) is 4.44. The molecule has 2 aliphatic heterocycles. The van der Waals surface area contributed by atoms with Crippen LogP contribution >= 0.6 is 0 Å². The zero-order valence-corrected chi connectivity index (χ0v) is 14.1. The molecule has 1 aromatic heterocycles. The topological polar surface area (TPSA) is 77.6 Å². The van der Waals surface area contributed by atoms with Crippen molar-refractivity contribution in [3.8, 4) is 0 Å². The van der Waals surface area contributed by atoms with E-state index in [1.54, 1.807) is 4.90 Å². The Morgan fingerprint density at radius 1 is 1.46 bits per heavy atom. The molecule has 24 heavy (non-hydrogen) atoms. The van der Waals surface area contributed by atoms with E-state index < -0.39 is 0 Å². The number of aromatic nitrogens is 1. The van der Waals surface area contributed by atoms with E-state index in [-0.39, 0.29) is 18.4 Å². The minimum absolute atomic E-state index is 0.0545. The molecule has 0 unspecified atom stereocenters. The first-order valence-corrected chi connectivity index (χ1v) is 8.53. The number of likely N-dealkylation sites (tertiary alicyclic amines) is 1. The molecule has 0 spiro atoms. The van der Waals surface area contributed by atoms with Crippen molar-refractivity contribution in [2.75, 3.05) is 51.1 Å². The molecule has 2 amide bonds. The summed E-state index contributed by atoms with van der Waals surface area (Å²) in [6.45, 7) is 6.53. The second-order valence-corrected chi connectivity index (χ2v) is 6.65. The Hall–Kier alpha value is -2.15. The van der Waals surface area contributed by atoms with Crippen molar-refractivity contribution in [3.05, 3.63) is 23.9 Å². The zero-order valence-electron chi connectivity index (χ0n) is 14.1. The number of hydrogen-bond acceptors (Lipinski definition) is 5. The summed E-state index contributed by atoms with van der Waals surface area (Å²) >= 11 is 0. The number of carbonyl (C=O) groups excluding carboxylic acids is 2. The molecule has 7 nitrogen and oxygen atoms in total. The Balaban J connectivity index is 1.42. The van der Waals surface area contributed by atoms with Crippen LogP contribution < -0.4 is 10.6 Å². The van der Waals surface area contributed by atoms with E-state index >= 15 is 0 Å². The normalized spacial score (nSPS) is 21.6. The van der Waals surface area contributed by atoms with Gasteiger partial charge in [0, 0.05) is 32.4 Å². The lowest BCUT2D eigenvalue weighted by molar-refractivity contribution is -0.138. The van der Waals surface area contributed by atoms with Gasteiger partial charge in [0.1, 0.15) is 5.82 Å². The van der Waals surface area contributed by atoms with Gasteiger partial charge >= 0.3 is 0 Å². The molecule has 1 atom stereocenters. The summed E-state index contributed by atoms with van der Waals surface area (Å²) in [4.78, 5) is 31.8. The predicted molar refractivity (Wildman–Crippen MR) is 91.6 cm³/mol. The number of nitrogens with one attached hydrogen (secondary N) is 2. The van der Waals surface area contributed by atoms with Crippen molar-refractivity contribution in [3.63, 3.8) is 0 Å². The molecular formula is C17H25N5O2. The van der Waals surface area contributed by atoms with Gasteiger partial charge in [-0.05, 0) is 43.5 Å². The van der Waals surface area contributed by atoms with Crippen LogP contribution in [0.1, 0.15) is 12.0 Å². The van der Waals surface area contributed by atoms with E-state index in [9.17, 15) is 9.59 Å². The average molecular weight is 331 g/mol. The highest BCUT2D eigenvalue weighted by molar-refractivity contribution is 5.86. The van der Waals surface area contributed by atoms with Gasteiger partial charge in [-0.2, -0.15) is 0 Å². The van der Waals surface area contributed by atoms with Gasteiger partial charge < -0.3 is 15.5 Å². The smallest absolute Gasteiger partial charge is 0.239 e. The van der Waals surface area contributed by atoms with Crippen LogP contribution in [0.4, 0.5) is 5.82 Å². The van der Waals surface area contributed by atoms with E-state index in [0.29, 0.717) is 25.6 Å². The molecule has 130 valence electrons. The fourth-order valence-corrected chi connectivity index (χ4v) is 3.25. The van der Waals surface area contributed by atoms with Crippen LogP contribution in [0.5, 0.6) is 0 Å². The fraction of sp³-hybridized carbons (Fsp3) is 0.588. The Bertz CT molecular complexity index is 606. The van der Waals surface area contributed by atoms with Gasteiger partial charge in [-0.25, -0.2) is 4.98 Å². The van der Waals surface area contributed by atoms with Crippen LogP contribution in [-0.2, 0) is 9.59 Å². The van der Waals surface area contributed by atoms with E-state index in [1.807, 2.05) is 18.3 Å². The molecule has 2 saturated heterocycles. The largest absolute Gasteiger partial charge is 0.370 e. The molecule has 0 aromatic carbocycles. The van der Waals surface area contributed by atoms with E-state index in [1.165, 1.54) is 5.56 Å². The number of piperazine rings is 1. The summed E-state index contributed by atoms with van der Waals surface area (Å²) in [5.41, 5.74) is 1.19. The highest BCUT2D eigenvalue weighted by Crippen LogP contribution is 2.17. The van der Waals surface area contributed by atoms with E-state index in [2.05, 4.69) is 27.4 Å². The lowest BCUT2D eigenvalue weighted by atomic mass is 10.1. The van der Waals surface area contributed by atoms with Gasteiger partial charge in [-0.3, -0.25) is 14.5 Å². The molecule has 3 rings (SSSR count). The van der Waals surface area contributed by atoms with E-state index in [4.69, 9.17) is 0 Å². The van der Waals surface area contributed by atoms with Gasteiger partial charge in [0.15, 0.2) is 0 Å². The van der Waals surface area contributed by atoms with E-state index in [0.717, 1.165) is 31.9 Å². The fourth-order valence-electron chi connectivity index (χ4n) is 3.25. The Morgan fingerprint density at radius 2 is 2.33 bits per heavy atom. The van der Waals surface area contributed by atoms with Gasteiger partial charge in [0.25, 0.3) is 0 Å². The molecular weight excluding hydrogens is 306 g/mol. The minimum Gasteiger partial charge on any atom is -0.370 e. The van der Waals surface area contributed by atoms with Crippen LogP contribution in [-0.4, -0.2) is 72.4 Å². The highest BCUT2D eigenvalue weighted by atomic mass is 16.2. The average Bonchev–Trinajstić information content (AvgIpc) is 3.00. The summed E-state index contributed by atoms with van der Waals surface area (Å²) in [5, 5.41) is 6.13. The third-order valence-corrected chi connectivity index (χ3v) is 4.61. The van der Waals surface area contributed by atoms with Crippen molar-refractivity contribution >= 4 is 17.6 Å². The summed E-state index contributed by atoms with van der Waals surface area (Å²) in [5.74, 6) is 1.41.